The molecule has 0 N–H and O–H groups in total. The molecule has 0 bridgehead atoms. The van der Waals surface area contributed by atoms with E-state index in [1.54, 1.807) is 11.3 Å². The summed E-state index contributed by atoms with van der Waals surface area (Å²) in [5.74, 6) is 0. The van der Waals surface area contributed by atoms with Crippen LogP contribution in [-0.2, 0) is 11.8 Å². The van der Waals surface area contributed by atoms with E-state index in [0.717, 1.165) is 6.42 Å². The van der Waals surface area contributed by atoms with Crippen molar-refractivity contribution in [3.8, 4) is 0 Å². The molecule has 0 saturated heterocycles. The number of hydrogen-bond acceptors (Lipinski definition) is 2. The van der Waals surface area contributed by atoms with Gasteiger partial charge in [-0.1, -0.05) is 50.6 Å². The zero-order chi connectivity index (χ0) is 12.5. The molecule has 0 amide bonds. The Labute approximate surface area is 124 Å². The summed E-state index contributed by atoms with van der Waals surface area (Å²) in [5.41, 5.74) is 4.00. The van der Waals surface area contributed by atoms with E-state index in [1.165, 1.54) is 21.8 Å². The van der Waals surface area contributed by atoms with Crippen LogP contribution < -0.4 is 0 Å². The van der Waals surface area contributed by atoms with E-state index in [9.17, 15) is 0 Å². The van der Waals surface area contributed by atoms with Gasteiger partial charge in [-0.25, -0.2) is 4.98 Å². The minimum atomic E-state index is 0. The van der Waals surface area contributed by atoms with Crippen molar-refractivity contribution in [1.82, 2.24) is 4.98 Å². The lowest BCUT2D eigenvalue weighted by atomic mass is 9.93. The molecule has 0 aliphatic rings. The van der Waals surface area contributed by atoms with E-state index in [1.807, 2.05) is 0 Å². The standard InChI is InChI=1S/C15H19NS.BrH/c1-11-5-7-12(8-6-11)9-14-16-13(10-17-14)15(2,3)4;/h5-8,10H,9H2,1-4H3;1H. The molecule has 2 rings (SSSR count). The fourth-order valence-corrected chi connectivity index (χ4v) is 2.67. The minimum Gasteiger partial charge on any atom is -0.245 e. The molecule has 0 unspecified atom stereocenters. The van der Waals surface area contributed by atoms with E-state index >= 15 is 0 Å². The summed E-state index contributed by atoms with van der Waals surface area (Å²) in [7, 11) is 0. The molecule has 18 heavy (non-hydrogen) atoms. The van der Waals surface area contributed by atoms with E-state index in [-0.39, 0.29) is 22.4 Å². The first-order valence-corrected chi connectivity index (χ1v) is 6.83. The Morgan fingerprint density at radius 3 is 2.22 bits per heavy atom. The van der Waals surface area contributed by atoms with E-state index in [0.29, 0.717) is 0 Å². The van der Waals surface area contributed by atoms with Gasteiger partial charge >= 0.3 is 0 Å². The fourth-order valence-electron chi connectivity index (χ4n) is 1.62. The highest BCUT2D eigenvalue weighted by Crippen LogP contribution is 2.25. The molecule has 1 aromatic heterocycles. The van der Waals surface area contributed by atoms with Crippen LogP contribution in [-0.4, -0.2) is 4.98 Å². The Kier molecular flexibility index (Phi) is 5.11. The predicted molar refractivity (Wildman–Crippen MR) is 85.1 cm³/mol. The lowest BCUT2D eigenvalue weighted by Gasteiger charge is -2.14. The number of benzene rings is 1. The van der Waals surface area contributed by atoms with Gasteiger partial charge in [0, 0.05) is 17.2 Å². The quantitative estimate of drug-likeness (QED) is 0.763. The summed E-state index contributed by atoms with van der Waals surface area (Å²) in [4.78, 5) is 4.72. The normalized spacial score (nSPS) is 11.1. The van der Waals surface area contributed by atoms with Crippen LogP contribution in [0.25, 0.3) is 0 Å². The highest BCUT2D eigenvalue weighted by molar-refractivity contribution is 8.93. The van der Waals surface area contributed by atoms with Crippen molar-refractivity contribution in [3.05, 3.63) is 51.5 Å². The summed E-state index contributed by atoms with van der Waals surface area (Å²) in [6.45, 7) is 8.73. The van der Waals surface area contributed by atoms with Crippen LogP contribution in [0.4, 0.5) is 0 Å². The maximum atomic E-state index is 4.72. The van der Waals surface area contributed by atoms with Gasteiger partial charge < -0.3 is 0 Å². The molecule has 0 aliphatic heterocycles. The van der Waals surface area contributed by atoms with Gasteiger partial charge in [0.15, 0.2) is 0 Å². The van der Waals surface area contributed by atoms with Crippen molar-refractivity contribution < 1.29 is 0 Å². The van der Waals surface area contributed by atoms with Crippen LogP contribution in [0.5, 0.6) is 0 Å². The molecular weight excluding hydrogens is 306 g/mol. The van der Waals surface area contributed by atoms with E-state index in [4.69, 9.17) is 4.98 Å². The molecule has 3 heteroatoms. The Morgan fingerprint density at radius 1 is 1.11 bits per heavy atom. The molecule has 0 aliphatic carbocycles. The number of hydrogen-bond donors (Lipinski definition) is 0. The predicted octanol–water partition coefficient (Wildman–Crippen LogP) is 4.92. The SMILES string of the molecule is Br.Cc1ccc(Cc2nc(C(C)(C)C)cs2)cc1. The molecule has 0 atom stereocenters. The van der Waals surface area contributed by atoms with Gasteiger partial charge in [0.25, 0.3) is 0 Å². The van der Waals surface area contributed by atoms with E-state index < -0.39 is 0 Å². The molecule has 2 aromatic rings. The summed E-state index contributed by atoms with van der Waals surface area (Å²) in [5, 5.41) is 3.39. The third-order valence-corrected chi connectivity index (χ3v) is 3.64. The van der Waals surface area contributed by atoms with Crippen LogP contribution >= 0.6 is 28.3 Å². The number of aromatic nitrogens is 1. The van der Waals surface area contributed by atoms with Crippen LogP contribution in [0, 0.1) is 6.92 Å². The summed E-state index contributed by atoms with van der Waals surface area (Å²) in [6.07, 6.45) is 0.945. The van der Waals surface area contributed by atoms with Gasteiger partial charge in [-0.2, -0.15) is 0 Å². The van der Waals surface area contributed by atoms with Gasteiger partial charge in [0.1, 0.15) is 0 Å². The van der Waals surface area contributed by atoms with Crippen LogP contribution in [0.2, 0.25) is 0 Å². The number of aryl methyl sites for hydroxylation is 1. The van der Waals surface area contributed by atoms with Crippen molar-refractivity contribution in [1.29, 1.82) is 0 Å². The summed E-state index contributed by atoms with van der Waals surface area (Å²) in [6, 6.07) is 8.70. The summed E-state index contributed by atoms with van der Waals surface area (Å²) < 4.78 is 0. The van der Waals surface area contributed by atoms with Crippen molar-refractivity contribution in [2.45, 2.75) is 39.5 Å². The Bertz CT molecular complexity index is 494. The smallest absolute Gasteiger partial charge is 0.0972 e. The molecule has 1 heterocycles. The molecule has 0 radical (unpaired) electrons. The first-order chi connectivity index (χ1) is 7.95. The second-order valence-electron chi connectivity index (χ2n) is 5.54. The molecule has 1 nitrogen and oxygen atoms in total. The van der Waals surface area contributed by atoms with Crippen molar-refractivity contribution in [2.75, 3.05) is 0 Å². The average Bonchev–Trinajstić information content (AvgIpc) is 2.69. The first kappa shape index (κ1) is 15.4. The number of thiazole rings is 1. The number of halogens is 1. The Morgan fingerprint density at radius 2 is 1.72 bits per heavy atom. The van der Waals surface area contributed by atoms with Gasteiger partial charge in [0.05, 0.1) is 10.7 Å². The Balaban J connectivity index is 0.00000162. The van der Waals surface area contributed by atoms with E-state index in [2.05, 4.69) is 57.3 Å². The lowest BCUT2D eigenvalue weighted by Crippen LogP contribution is -2.11. The third-order valence-electron chi connectivity index (χ3n) is 2.80. The van der Waals surface area contributed by atoms with Gasteiger partial charge in [-0.05, 0) is 12.5 Å². The molecule has 0 fully saturated rings. The zero-order valence-electron chi connectivity index (χ0n) is 11.4. The maximum absolute atomic E-state index is 4.72. The number of rotatable bonds is 2. The second-order valence-corrected chi connectivity index (χ2v) is 6.48. The monoisotopic (exact) mass is 325 g/mol. The number of nitrogens with zero attached hydrogens (tertiary/aromatic N) is 1. The van der Waals surface area contributed by atoms with Crippen LogP contribution in [0.3, 0.4) is 0 Å². The first-order valence-electron chi connectivity index (χ1n) is 5.95. The van der Waals surface area contributed by atoms with Gasteiger partial charge in [-0.15, -0.1) is 28.3 Å². The third kappa shape index (κ3) is 3.92. The van der Waals surface area contributed by atoms with Gasteiger partial charge in [-0.3, -0.25) is 0 Å². The zero-order valence-corrected chi connectivity index (χ0v) is 13.9. The van der Waals surface area contributed by atoms with Crippen LogP contribution in [0.15, 0.2) is 29.6 Å². The topological polar surface area (TPSA) is 12.9 Å². The fraction of sp³-hybridized carbons (Fsp3) is 0.400. The highest BCUT2D eigenvalue weighted by atomic mass is 79.9. The van der Waals surface area contributed by atoms with Gasteiger partial charge in [0.2, 0.25) is 0 Å². The molecule has 98 valence electrons. The second kappa shape index (κ2) is 5.98. The maximum Gasteiger partial charge on any atom is 0.0972 e. The molecular formula is C15H20BrNS. The van der Waals surface area contributed by atoms with Crippen molar-refractivity contribution >= 4 is 28.3 Å². The average molecular weight is 326 g/mol. The minimum absolute atomic E-state index is 0. The largest absolute Gasteiger partial charge is 0.245 e. The lowest BCUT2D eigenvalue weighted by molar-refractivity contribution is 0.571. The van der Waals surface area contributed by atoms with Crippen molar-refractivity contribution in [3.63, 3.8) is 0 Å². The van der Waals surface area contributed by atoms with Crippen molar-refractivity contribution in [2.24, 2.45) is 0 Å². The van der Waals surface area contributed by atoms with Crippen LogP contribution in [0.1, 0.15) is 42.6 Å². The molecule has 1 aromatic carbocycles. The highest BCUT2D eigenvalue weighted by Gasteiger charge is 2.17. The summed E-state index contributed by atoms with van der Waals surface area (Å²) >= 11 is 1.76. The molecule has 0 spiro atoms. The Hall–Kier alpha value is -0.670. The molecule has 0 saturated carbocycles.